The Balaban J connectivity index is 0.000000861. The Hall–Kier alpha value is -1.06. The minimum absolute atomic E-state index is 0.488. The number of rotatable bonds is 4. The first kappa shape index (κ1) is 16.0. The minimum Gasteiger partial charge on any atom is -0.384 e. The standard InChI is InChI=1S/C13H17ClN2O.C2H6/c1-8-3-11(14)13(9(2)15)12(4-8)16-5-10-6-17-7-10;1-2/h3-4,10,15-16H,5-7H2,1-2H3;1-2H3. The molecule has 0 amide bonds. The van der Waals surface area contributed by atoms with E-state index in [-0.39, 0.29) is 0 Å². The van der Waals surface area contributed by atoms with Crippen LogP contribution >= 0.6 is 11.6 Å². The Labute approximate surface area is 120 Å². The first-order chi connectivity index (χ1) is 9.08. The molecule has 19 heavy (non-hydrogen) atoms. The van der Waals surface area contributed by atoms with Crippen LogP contribution in [0.1, 0.15) is 31.9 Å². The van der Waals surface area contributed by atoms with Gasteiger partial charge in [-0.15, -0.1) is 0 Å². The third-order valence-electron chi connectivity index (χ3n) is 2.90. The molecule has 0 radical (unpaired) electrons. The molecule has 0 spiro atoms. The van der Waals surface area contributed by atoms with Crippen LogP contribution in [-0.2, 0) is 4.74 Å². The van der Waals surface area contributed by atoms with Crippen molar-refractivity contribution in [2.45, 2.75) is 27.7 Å². The van der Waals surface area contributed by atoms with Gasteiger partial charge in [0.15, 0.2) is 0 Å². The van der Waals surface area contributed by atoms with Crippen LogP contribution in [0.3, 0.4) is 0 Å². The summed E-state index contributed by atoms with van der Waals surface area (Å²) < 4.78 is 5.14. The van der Waals surface area contributed by atoms with E-state index in [4.69, 9.17) is 21.7 Å². The molecule has 0 aromatic heterocycles. The first-order valence-corrected chi connectivity index (χ1v) is 7.13. The topological polar surface area (TPSA) is 45.1 Å². The molecule has 0 aliphatic carbocycles. The second-order valence-corrected chi connectivity index (χ2v) is 4.99. The zero-order valence-corrected chi connectivity index (χ0v) is 12.9. The largest absolute Gasteiger partial charge is 0.384 e. The van der Waals surface area contributed by atoms with Gasteiger partial charge in [0.25, 0.3) is 0 Å². The third-order valence-corrected chi connectivity index (χ3v) is 3.20. The van der Waals surface area contributed by atoms with Crippen LogP contribution in [0.4, 0.5) is 5.69 Å². The van der Waals surface area contributed by atoms with Crippen molar-refractivity contribution in [3.05, 3.63) is 28.3 Å². The summed E-state index contributed by atoms with van der Waals surface area (Å²) in [6.45, 7) is 10.3. The molecule has 0 saturated carbocycles. The maximum atomic E-state index is 7.78. The molecule has 1 aromatic rings. The lowest BCUT2D eigenvalue weighted by molar-refractivity contribution is -0.0248. The van der Waals surface area contributed by atoms with Crippen molar-refractivity contribution < 1.29 is 4.74 Å². The van der Waals surface area contributed by atoms with E-state index in [1.807, 2.05) is 32.9 Å². The lowest BCUT2D eigenvalue weighted by atomic mass is 10.0. The number of benzene rings is 1. The molecular formula is C15H23ClN2O. The van der Waals surface area contributed by atoms with Gasteiger partial charge in [0.2, 0.25) is 0 Å². The Morgan fingerprint density at radius 2 is 2.05 bits per heavy atom. The van der Waals surface area contributed by atoms with Gasteiger partial charge in [0, 0.05) is 29.4 Å². The number of hydrogen-bond acceptors (Lipinski definition) is 3. The predicted octanol–water partition coefficient (Wildman–Crippen LogP) is 4.12. The maximum Gasteiger partial charge on any atom is 0.0533 e. The maximum absolute atomic E-state index is 7.78. The number of halogens is 1. The number of ether oxygens (including phenoxy) is 1. The average Bonchev–Trinajstić information content (AvgIpc) is 2.28. The Bertz CT molecular complexity index is 442. The van der Waals surface area contributed by atoms with Gasteiger partial charge in [0.05, 0.1) is 18.2 Å². The fraction of sp³-hybridized carbons (Fsp3) is 0.533. The van der Waals surface area contributed by atoms with Crippen molar-refractivity contribution in [2.75, 3.05) is 25.1 Å². The van der Waals surface area contributed by atoms with Gasteiger partial charge in [-0.05, 0) is 31.5 Å². The van der Waals surface area contributed by atoms with Gasteiger partial charge in [0.1, 0.15) is 0 Å². The molecule has 3 nitrogen and oxygen atoms in total. The molecule has 0 unspecified atom stereocenters. The van der Waals surface area contributed by atoms with Crippen molar-refractivity contribution >= 4 is 23.0 Å². The molecule has 1 saturated heterocycles. The van der Waals surface area contributed by atoms with E-state index < -0.39 is 0 Å². The van der Waals surface area contributed by atoms with Gasteiger partial charge in [-0.2, -0.15) is 0 Å². The van der Waals surface area contributed by atoms with Gasteiger partial charge in [-0.3, -0.25) is 0 Å². The molecule has 1 aliphatic heterocycles. The van der Waals surface area contributed by atoms with Crippen LogP contribution in [0.25, 0.3) is 0 Å². The van der Waals surface area contributed by atoms with E-state index in [1.165, 1.54) is 0 Å². The van der Waals surface area contributed by atoms with Gasteiger partial charge in [-0.25, -0.2) is 0 Å². The lowest BCUT2D eigenvalue weighted by Gasteiger charge is -2.27. The zero-order chi connectivity index (χ0) is 14.4. The highest BCUT2D eigenvalue weighted by Gasteiger charge is 2.19. The van der Waals surface area contributed by atoms with Crippen LogP contribution in [0, 0.1) is 18.3 Å². The van der Waals surface area contributed by atoms with Crippen molar-refractivity contribution in [3.63, 3.8) is 0 Å². The molecule has 1 fully saturated rings. The van der Waals surface area contributed by atoms with Crippen LogP contribution in [0.2, 0.25) is 5.02 Å². The summed E-state index contributed by atoms with van der Waals surface area (Å²) in [5.41, 5.74) is 3.35. The highest BCUT2D eigenvalue weighted by atomic mass is 35.5. The van der Waals surface area contributed by atoms with Gasteiger partial charge in [-0.1, -0.05) is 25.4 Å². The fourth-order valence-electron chi connectivity index (χ4n) is 1.92. The van der Waals surface area contributed by atoms with Crippen molar-refractivity contribution in [1.29, 1.82) is 5.41 Å². The van der Waals surface area contributed by atoms with Crippen molar-refractivity contribution in [1.82, 2.24) is 0 Å². The number of aryl methyl sites for hydroxylation is 1. The summed E-state index contributed by atoms with van der Waals surface area (Å²) in [4.78, 5) is 0. The summed E-state index contributed by atoms with van der Waals surface area (Å²) >= 11 is 6.19. The number of nitrogens with one attached hydrogen (secondary N) is 2. The summed E-state index contributed by atoms with van der Waals surface area (Å²) in [5.74, 6) is 0.577. The predicted molar refractivity (Wildman–Crippen MR) is 82.8 cm³/mol. The minimum atomic E-state index is 0.488. The van der Waals surface area contributed by atoms with E-state index in [1.54, 1.807) is 6.92 Å². The van der Waals surface area contributed by atoms with Crippen LogP contribution in [0.5, 0.6) is 0 Å². The molecule has 0 atom stereocenters. The molecule has 2 rings (SSSR count). The van der Waals surface area contributed by atoms with Crippen LogP contribution in [0.15, 0.2) is 12.1 Å². The highest BCUT2D eigenvalue weighted by Crippen LogP contribution is 2.27. The lowest BCUT2D eigenvalue weighted by Crippen LogP contribution is -2.33. The van der Waals surface area contributed by atoms with Crippen LogP contribution in [-0.4, -0.2) is 25.5 Å². The summed E-state index contributed by atoms with van der Waals surface area (Å²) in [7, 11) is 0. The van der Waals surface area contributed by atoms with E-state index >= 15 is 0 Å². The van der Waals surface area contributed by atoms with Crippen molar-refractivity contribution in [2.24, 2.45) is 5.92 Å². The molecular weight excluding hydrogens is 260 g/mol. The monoisotopic (exact) mass is 282 g/mol. The average molecular weight is 283 g/mol. The molecule has 4 heteroatoms. The Morgan fingerprint density at radius 1 is 1.42 bits per heavy atom. The van der Waals surface area contributed by atoms with Gasteiger partial charge >= 0.3 is 0 Å². The molecule has 2 N–H and O–H groups in total. The normalized spacial score (nSPS) is 14.2. The van der Waals surface area contributed by atoms with E-state index in [2.05, 4.69) is 5.32 Å². The van der Waals surface area contributed by atoms with E-state index in [0.717, 1.165) is 36.6 Å². The first-order valence-electron chi connectivity index (χ1n) is 6.75. The summed E-state index contributed by atoms with van der Waals surface area (Å²) in [5, 5.41) is 11.8. The molecule has 1 aliphatic rings. The second-order valence-electron chi connectivity index (χ2n) is 4.58. The molecule has 1 heterocycles. The Kier molecular flexibility index (Phi) is 6.32. The molecule has 106 valence electrons. The summed E-state index contributed by atoms with van der Waals surface area (Å²) in [6.07, 6.45) is 0. The smallest absolute Gasteiger partial charge is 0.0533 e. The highest BCUT2D eigenvalue weighted by molar-refractivity contribution is 6.34. The van der Waals surface area contributed by atoms with Gasteiger partial charge < -0.3 is 15.5 Å². The quantitative estimate of drug-likeness (QED) is 0.816. The zero-order valence-electron chi connectivity index (χ0n) is 12.1. The number of hydrogen-bond donors (Lipinski definition) is 2. The van der Waals surface area contributed by atoms with E-state index in [0.29, 0.717) is 16.7 Å². The fourth-order valence-corrected chi connectivity index (χ4v) is 2.34. The van der Waals surface area contributed by atoms with Crippen LogP contribution < -0.4 is 5.32 Å². The second kappa shape index (κ2) is 7.51. The van der Waals surface area contributed by atoms with E-state index in [9.17, 15) is 0 Å². The molecule has 1 aromatic carbocycles. The summed E-state index contributed by atoms with van der Waals surface area (Å²) in [6, 6.07) is 3.94. The molecule has 0 bridgehead atoms. The number of anilines is 1. The Morgan fingerprint density at radius 3 is 2.53 bits per heavy atom. The van der Waals surface area contributed by atoms with Crippen molar-refractivity contribution in [3.8, 4) is 0 Å². The SMILES string of the molecule is CC.CC(=N)c1c(Cl)cc(C)cc1NCC1COC1. The third kappa shape index (κ3) is 4.22.